The number of nitrogens with one attached hydrogen (secondary N) is 1. The van der Waals surface area contributed by atoms with Gasteiger partial charge >= 0.3 is 0 Å². The van der Waals surface area contributed by atoms with Crippen LogP contribution in [-0.4, -0.2) is 15.0 Å². The lowest BCUT2D eigenvalue weighted by molar-refractivity contribution is 0.900. The van der Waals surface area contributed by atoms with Gasteiger partial charge in [-0.15, -0.1) is 0 Å². The van der Waals surface area contributed by atoms with E-state index in [1.54, 1.807) is 12.4 Å². The van der Waals surface area contributed by atoms with E-state index in [4.69, 9.17) is 22.9 Å². The molecule has 20 heavy (non-hydrogen) atoms. The van der Waals surface area contributed by atoms with Gasteiger partial charge in [0.1, 0.15) is 10.8 Å². The van der Waals surface area contributed by atoms with Gasteiger partial charge in [0.05, 0.1) is 17.4 Å². The summed E-state index contributed by atoms with van der Waals surface area (Å²) < 4.78 is 0. The lowest BCUT2D eigenvalue weighted by Crippen LogP contribution is -2.14. The molecule has 0 aromatic carbocycles. The first-order valence-electron chi connectivity index (χ1n) is 6.65. The van der Waals surface area contributed by atoms with Crippen LogP contribution in [0.5, 0.6) is 0 Å². The van der Waals surface area contributed by atoms with Crippen LogP contribution in [0.1, 0.15) is 28.8 Å². The SMILES string of the molecule is Cc1ccncc1Nc1nc2c(cc1C(N)=S)CCC2. The first-order valence-corrected chi connectivity index (χ1v) is 7.06. The van der Waals surface area contributed by atoms with Gasteiger partial charge in [0.2, 0.25) is 0 Å². The van der Waals surface area contributed by atoms with Gasteiger partial charge in [0.15, 0.2) is 0 Å². The molecule has 0 spiro atoms. The monoisotopic (exact) mass is 284 g/mol. The number of hydrogen-bond donors (Lipinski definition) is 2. The number of rotatable bonds is 3. The zero-order valence-corrected chi connectivity index (χ0v) is 12.1. The van der Waals surface area contributed by atoms with E-state index in [9.17, 15) is 0 Å². The predicted molar refractivity (Wildman–Crippen MR) is 84.4 cm³/mol. The highest BCUT2D eigenvalue weighted by molar-refractivity contribution is 7.80. The van der Waals surface area contributed by atoms with E-state index < -0.39 is 0 Å². The maximum atomic E-state index is 5.84. The molecule has 1 aliphatic carbocycles. The first kappa shape index (κ1) is 13.0. The summed E-state index contributed by atoms with van der Waals surface area (Å²) in [5, 5.41) is 3.31. The minimum atomic E-state index is 0.372. The molecule has 0 fully saturated rings. The van der Waals surface area contributed by atoms with Gasteiger partial charge in [-0.3, -0.25) is 4.98 Å². The summed E-state index contributed by atoms with van der Waals surface area (Å²) in [6.07, 6.45) is 6.78. The van der Waals surface area contributed by atoms with E-state index in [0.717, 1.165) is 47.6 Å². The van der Waals surface area contributed by atoms with Crippen LogP contribution in [0.4, 0.5) is 11.5 Å². The highest BCUT2D eigenvalue weighted by Crippen LogP contribution is 2.27. The standard InChI is InChI=1S/C15H16N4S/c1-9-5-6-17-8-13(9)19-15-11(14(16)20)7-10-3-2-4-12(10)18-15/h5-8H,2-4H2,1H3,(H2,16,20)(H,18,19). The van der Waals surface area contributed by atoms with Crippen molar-refractivity contribution in [2.75, 3.05) is 5.32 Å². The average molecular weight is 284 g/mol. The largest absolute Gasteiger partial charge is 0.389 e. The summed E-state index contributed by atoms with van der Waals surface area (Å²) >= 11 is 5.15. The highest BCUT2D eigenvalue weighted by Gasteiger charge is 2.18. The van der Waals surface area contributed by atoms with Crippen molar-refractivity contribution in [1.82, 2.24) is 9.97 Å². The number of nitrogens with two attached hydrogens (primary N) is 1. The van der Waals surface area contributed by atoms with Crippen molar-refractivity contribution in [3.8, 4) is 0 Å². The quantitative estimate of drug-likeness (QED) is 0.848. The van der Waals surface area contributed by atoms with E-state index in [2.05, 4.69) is 16.4 Å². The fraction of sp³-hybridized carbons (Fsp3) is 0.267. The Bertz CT molecular complexity index is 682. The van der Waals surface area contributed by atoms with Gasteiger partial charge in [-0.25, -0.2) is 4.98 Å². The predicted octanol–water partition coefficient (Wildman–Crippen LogP) is 2.65. The van der Waals surface area contributed by atoms with Crippen LogP contribution in [-0.2, 0) is 12.8 Å². The Morgan fingerprint density at radius 1 is 1.40 bits per heavy atom. The van der Waals surface area contributed by atoms with Gasteiger partial charge in [-0.1, -0.05) is 12.2 Å². The summed E-state index contributed by atoms with van der Waals surface area (Å²) in [6, 6.07) is 4.03. The first-order chi connectivity index (χ1) is 9.65. The molecule has 0 radical (unpaired) electrons. The van der Waals surface area contributed by atoms with E-state index in [0.29, 0.717) is 4.99 Å². The normalized spacial score (nSPS) is 13.1. The number of hydrogen-bond acceptors (Lipinski definition) is 4. The van der Waals surface area contributed by atoms with Crippen molar-refractivity contribution in [2.24, 2.45) is 5.73 Å². The Labute approximate surface area is 123 Å². The van der Waals surface area contributed by atoms with Crippen LogP contribution in [0.15, 0.2) is 24.5 Å². The molecular weight excluding hydrogens is 268 g/mol. The molecule has 0 saturated heterocycles. The van der Waals surface area contributed by atoms with Gasteiger partial charge < -0.3 is 11.1 Å². The van der Waals surface area contributed by atoms with Crippen LogP contribution in [0.2, 0.25) is 0 Å². The molecule has 5 heteroatoms. The highest BCUT2D eigenvalue weighted by atomic mass is 32.1. The van der Waals surface area contributed by atoms with Gasteiger partial charge in [0.25, 0.3) is 0 Å². The average Bonchev–Trinajstić information content (AvgIpc) is 2.87. The molecule has 0 unspecified atom stereocenters. The number of aromatic nitrogens is 2. The van der Waals surface area contributed by atoms with Crippen LogP contribution in [0.3, 0.4) is 0 Å². The van der Waals surface area contributed by atoms with E-state index in [1.807, 2.05) is 13.0 Å². The molecule has 0 saturated carbocycles. The topological polar surface area (TPSA) is 63.8 Å². The molecule has 3 N–H and O–H groups in total. The van der Waals surface area contributed by atoms with Crippen molar-refractivity contribution >= 4 is 28.7 Å². The Morgan fingerprint density at radius 3 is 3.00 bits per heavy atom. The van der Waals surface area contributed by atoms with Gasteiger partial charge in [0, 0.05) is 11.9 Å². The van der Waals surface area contributed by atoms with Crippen molar-refractivity contribution in [3.63, 3.8) is 0 Å². The molecule has 3 rings (SSSR count). The van der Waals surface area contributed by atoms with E-state index >= 15 is 0 Å². The Hall–Kier alpha value is -2.01. The Morgan fingerprint density at radius 2 is 2.25 bits per heavy atom. The number of nitrogens with zero attached hydrogens (tertiary/aromatic N) is 2. The molecule has 2 aromatic rings. The van der Waals surface area contributed by atoms with Crippen molar-refractivity contribution in [3.05, 3.63) is 46.9 Å². The van der Waals surface area contributed by atoms with Crippen LogP contribution in [0, 0.1) is 6.92 Å². The fourth-order valence-corrected chi connectivity index (χ4v) is 2.63. The second-order valence-electron chi connectivity index (χ2n) is 5.02. The zero-order chi connectivity index (χ0) is 14.1. The number of thiocarbonyl (C=S) groups is 1. The molecule has 2 heterocycles. The van der Waals surface area contributed by atoms with Crippen molar-refractivity contribution < 1.29 is 0 Å². The van der Waals surface area contributed by atoms with Gasteiger partial charge in [-0.05, 0) is 49.4 Å². The summed E-state index contributed by atoms with van der Waals surface area (Å²) in [5.41, 5.74) is 11.1. The summed E-state index contributed by atoms with van der Waals surface area (Å²) in [4.78, 5) is 9.21. The van der Waals surface area contributed by atoms with Crippen molar-refractivity contribution in [2.45, 2.75) is 26.2 Å². The van der Waals surface area contributed by atoms with Crippen molar-refractivity contribution in [1.29, 1.82) is 0 Å². The summed E-state index contributed by atoms with van der Waals surface area (Å²) in [6.45, 7) is 2.03. The lowest BCUT2D eigenvalue weighted by atomic mass is 10.1. The molecule has 0 bridgehead atoms. The number of anilines is 2. The number of aryl methyl sites for hydroxylation is 3. The molecule has 0 atom stereocenters. The van der Waals surface area contributed by atoms with Gasteiger partial charge in [-0.2, -0.15) is 0 Å². The third-order valence-electron chi connectivity index (χ3n) is 3.61. The second-order valence-corrected chi connectivity index (χ2v) is 5.46. The number of fused-ring (bicyclic) bond motifs is 1. The van der Waals surface area contributed by atoms with Crippen LogP contribution in [0.25, 0.3) is 0 Å². The molecule has 1 aliphatic rings. The second kappa shape index (κ2) is 5.17. The van der Waals surface area contributed by atoms with E-state index in [-0.39, 0.29) is 0 Å². The summed E-state index contributed by atoms with van der Waals surface area (Å²) in [5.74, 6) is 0.731. The fourth-order valence-electron chi connectivity index (χ4n) is 2.48. The third-order valence-corrected chi connectivity index (χ3v) is 3.83. The maximum Gasteiger partial charge on any atom is 0.140 e. The molecule has 0 amide bonds. The third kappa shape index (κ3) is 2.36. The van der Waals surface area contributed by atoms with Crippen LogP contribution < -0.4 is 11.1 Å². The Balaban J connectivity index is 2.04. The minimum Gasteiger partial charge on any atom is -0.389 e. The maximum absolute atomic E-state index is 5.84. The lowest BCUT2D eigenvalue weighted by Gasteiger charge is -2.13. The molecule has 0 aliphatic heterocycles. The molecule has 4 nitrogen and oxygen atoms in total. The molecular formula is C15H16N4S. The van der Waals surface area contributed by atoms with Crippen LogP contribution >= 0.6 is 12.2 Å². The number of pyridine rings is 2. The minimum absolute atomic E-state index is 0.372. The molecule has 2 aromatic heterocycles. The Kier molecular flexibility index (Phi) is 3.36. The zero-order valence-electron chi connectivity index (χ0n) is 11.3. The summed E-state index contributed by atoms with van der Waals surface area (Å²) in [7, 11) is 0. The molecule has 102 valence electrons. The smallest absolute Gasteiger partial charge is 0.140 e. The van der Waals surface area contributed by atoms with E-state index in [1.165, 1.54) is 5.56 Å².